The van der Waals surface area contributed by atoms with Crippen molar-refractivity contribution in [2.45, 2.75) is 25.3 Å². The molecule has 6 nitrogen and oxygen atoms in total. The minimum Gasteiger partial charge on any atom is -0.379 e. The SMILES string of the molecule is Cc1ccc(C)c(S(=O)(=O)Oc2ccc(C(=O)NCc3ccncc3)cc2)c1. The average Bonchev–Trinajstić information content (AvgIpc) is 2.69. The first-order valence-corrected chi connectivity index (χ1v) is 10.0. The Bertz CT molecular complexity index is 1080. The molecule has 0 bridgehead atoms. The zero-order chi connectivity index (χ0) is 20.1. The van der Waals surface area contributed by atoms with Crippen molar-refractivity contribution < 1.29 is 17.4 Å². The Labute approximate surface area is 164 Å². The summed E-state index contributed by atoms with van der Waals surface area (Å²) >= 11 is 0. The summed E-state index contributed by atoms with van der Waals surface area (Å²) in [6.45, 7) is 3.91. The molecular formula is C21H20N2O4S. The van der Waals surface area contributed by atoms with Crippen molar-refractivity contribution in [3.63, 3.8) is 0 Å². The van der Waals surface area contributed by atoms with Crippen molar-refractivity contribution in [3.8, 4) is 5.75 Å². The zero-order valence-electron chi connectivity index (χ0n) is 15.5. The van der Waals surface area contributed by atoms with Gasteiger partial charge in [0.25, 0.3) is 5.91 Å². The number of carbonyl (C=O) groups excluding carboxylic acids is 1. The third kappa shape index (κ3) is 4.75. The van der Waals surface area contributed by atoms with E-state index in [9.17, 15) is 13.2 Å². The summed E-state index contributed by atoms with van der Waals surface area (Å²) < 4.78 is 30.3. The van der Waals surface area contributed by atoms with Gasteiger partial charge in [-0.3, -0.25) is 9.78 Å². The summed E-state index contributed by atoms with van der Waals surface area (Å²) in [6, 6.07) is 14.8. The monoisotopic (exact) mass is 396 g/mol. The van der Waals surface area contributed by atoms with E-state index in [1.54, 1.807) is 31.5 Å². The number of hydrogen-bond donors (Lipinski definition) is 1. The van der Waals surface area contributed by atoms with Crippen LogP contribution in [-0.4, -0.2) is 19.3 Å². The first-order valence-electron chi connectivity index (χ1n) is 8.64. The van der Waals surface area contributed by atoms with Crippen molar-refractivity contribution >= 4 is 16.0 Å². The van der Waals surface area contributed by atoms with Crippen LogP contribution in [0.3, 0.4) is 0 Å². The normalized spacial score (nSPS) is 11.1. The van der Waals surface area contributed by atoms with Crippen LogP contribution in [0.15, 0.2) is 71.9 Å². The molecule has 0 atom stereocenters. The minimum absolute atomic E-state index is 0.131. The van der Waals surface area contributed by atoms with Crippen LogP contribution in [-0.2, 0) is 16.7 Å². The molecule has 0 aliphatic carbocycles. The smallest absolute Gasteiger partial charge is 0.339 e. The molecule has 28 heavy (non-hydrogen) atoms. The van der Waals surface area contributed by atoms with E-state index in [1.807, 2.05) is 25.1 Å². The highest BCUT2D eigenvalue weighted by Gasteiger charge is 2.19. The summed E-state index contributed by atoms with van der Waals surface area (Å²) in [7, 11) is -3.95. The first-order chi connectivity index (χ1) is 13.3. The minimum atomic E-state index is -3.95. The number of carbonyl (C=O) groups is 1. The molecule has 1 aromatic heterocycles. The van der Waals surface area contributed by atoms with Crippen LogP contribution in [0.2, 0.25) is 0 Å². The number of benzene rings is 2. The van der Waals surface area contributed by atoms with Gasteiger partial charge in [0.2, 0.25) is 0 Å². The van der Waals surface area contributed by atoms with E-state index in [0.29, 0.717) is 17.7 Å². The van der Waals surface area contributed by atoms with Crippen molar-refractivity contribution in [2.24, 2.45) is 0 Å². The Balaban J connectivity index is 1.68. The van der Waals surface area contributed by atoms with Gasteiger partial charge in [-0.2, -0.15) is 8.42 Å². The maximum absolute atomic E-state index is 12.5. The molecule has 1 amide bonds. The second kappa shape index (κ2) is 8.22. The largest absolute Gasteiger partial charge is 0.379 e. The highest BCUT2D eigenvalue weighted by atomic mass is 32.2. The molecular weight excluding hydrogens is 376 g/mol. The Morgan fingerprint density at radius 3 is 2.36 bits per heavy atom. The van der Waals surface area contributed by atoms with Crippen LogP contribution < -0.4 is 9.50 Å². The first kappa shape index (κ1) is 19.6. The molecule has 1 heterocycles. The van der Waals surface area contributed by atoms with E-state index in [1.165, 1.54) is 24.3 Å². The number of rotatable bonds is 6. The summed E-state index contributed by atoms with van der Waals surface area (Å²) in [5.74, 6) is -0.118. The third-order valence-electron chi connectivity index (χ3n) is 4.14. The second-order valence-corrected chi connectivity index (χ2v) is 7.88. The molecule has 3 aromatic rings. The van der Waals surface area contributed by atoms with Crippen molar-refractivity contribution in [1.82, 2.24) is 10.3 Å². The lowest BCUT2D eigenvalue weighted by atomic mass is 10.2. The van der Waals surface area contributed by atoms with Gasteiger partial charge in [0.1, 0.15) is 10.6 Å². The summed E-state index contributed by atoms with van der Waals surface area (Å²) in [6.07, 6.45) is 3.31. The molecule has 0 unspecified atom stereocenters. The number of amides is 1. The fourth-order valence-corrected chi connectivity index (χ4v) is 3.84. The Morgan fingerprint density at radius 2 is 1.68 bits per heavy atom. The molecule has 2 aromatic carbocycles. The van der Waals surface area contributed by atoms with E-state index < -0.39 is 10.1 Å². The number of aromatic nitrogens is 1. The van der Waals surface area contributed by atoms with Crippen molar-refractivity contribution in [3.05, 3.63) is 89.2 Å². The summed E-state index contributed by atoms with van der Waals surface area (Å²) in [4.78, 5) is 16.3. The van der Waals surface area contributed by atoms with Crippen LogP contribution in [0.1, 0.15) is 27.0 Å². The summed E-state index contributed by atoms with van der Waals surface area (Å²) in [5, 5.41) is 2.80. The predicted molar refractivity (Wildman–Crippen MR) is 106 cm³/mol. The maximum Gasteiger partial charge on any atom is 0.339 e. The molecule has 0 aliphatic heterocycles. The van der Waals surface area contributed by atoms with Gasteiger partial charge < -0.3 is 9.50 Å². The van der Waals surface area contributed by atoms with E-state index in [2.05, 4.69) is 10.3 Å². The third-order valence-corrected chi connectivity index (χ3v) is 5.53. The molecule has 0 spiro atoms. The van der Waals surface area contributed by atoms with Crippen molar-refractivity contribution in [2.75, 3.05) is 0 Å². The van der Waals surface area contributed by atoms with Gasteiger partial charge in [0, 0.05) is 24.5 Å². The van der Waals surface area contributed by atoms with Gasteiger partial charge in [-0.05, 0) is 73.0 Å². The fourth-order valence-electron chi connectivity index (χ4n) is 2.60. The summed E-state index contributed by atoms with van der Waals surface area (Å²) in [5.41, 5.74) is 2.78. The second-order valence-electron chi connectivity index (χ2n) is 6.37. The van der Waals surface area contributed by atoms with Gasteiger partial charge in [0.15, 0.2) is 0 Å². The lowest BCUT2D eigenvalue weighted by Gasteiger charge is -2.11. The highest BCUT2D eigenvalue weighted by Crippen LogP contribution is 2.22. The van der Waals surface area contributed by atoms with Crippen LogP contribution in [0, 0.1) is 13.8 Å². The van der Waals surface area contributed by atoms with Crippen LogP contribution in [0.4, 0.5) is 0 Å². The molecule has 0 aliphatic rings. The van der Waals surface area contributed by atoms with Crippen molar-refractivity contribution in [1.29, 1.82) is 0 Å². The topological polar surface area (TPSA) is 85.4 Å². The van der Waals surface area contributed by atoms with E-state index in [0.717, 1.165) is 11.1 Å². The maximum atomic E-state index is 12.5. The Morgan fingerprint density at radius 1 is 1.00 bits per heavy atom. The lowest BCUT2D eigenvalue weighted by molar-refractivity contribution is 0.0951. The van der Waals surface area contributed by atoms with E-state index in [-0.39, 0.29) is 16.6 Å². The fraction of sp³-hybridized carbons (Fsp3) is 0.143. The molecule has 7 heteroatoms. The molecule has 0 saturated heterocycles. The lowest BCUT2D eigenvalue weighted by Crippen LogP contribution is -2.22. The number of hydrogen-bond acceptors (Lipinski definition) is 5. The predicted octanol–water partition coefficient (Wildman–Crippen LogP) is 3.40. The highest BCUT2D eigenvalue weighted by molar-refractivity contribution is 7.87. The number of aryl methyl sites for hydroxylation is 2. The molecule has 1 N–H and O–H groups in total. The zero-order valence-corrected chi connectivity index (χ0v) is 16.4. The molecule has 0 saturated carbocycles. The average molecular weight is 396 g/mol. The standard InChI is InChI=1S/C21H20N2O4S/c1-15-3-4-16(2)20(13-15)28(25,26)27-19-7-5-18(6-8-19)21(24)23-14-17-9-11-22-12-10-17/h3-13H,14H2,1-2H3,(H,23,24). The Kier molecular flexibility index (Phi) is 5.75. The van der Waals surface area contributed by atoms with E-state index >= 15 is 0 Å². The van der Waals surface area contributed by atoms with Crippen LogP contribution >= 0.6 is 0 Å². The van der Waals surface area contributed by atoms with Gasteiger partial charge in [0.05, 0.1) is 0 Å². The molecule has 3 rings (SSSR count). The van der Waals surface area contributed by atoms with Gasteiger partial charge in [-0.1, -0.05) is 12.1 Å². The van der Waals surface area contributed by atoms with Crippen LogP contribution in [0.5, 0.6) is 5.75 Å². The molecule has 0 fully saturated rings. The number of pyridine rings is 1. The molecule has 0 radical (unpaired) electrons. The molecule has 144 valence electrons. The van der Waals surface area contributed by atoms with Gasteiger partial charge in [-0.25, -0.2) is 0 Å². The van der Waals surface area contributed by atoms with E-state index in [4.69, 9.17) is 4.18 Å². The number of nitrogens with one attached hydrogen (secondary N) is 1. The van der Waals surface area contributed by atoms with Gasteiger partial charge >= 0.3 is 10.1 Å². The Hall–Kier alpha value is -3.19. The number of nitrogens with zero attached hydrogens (tertiary/aromatic N) is 1. The van der Waals surface area contributed by atoms with Crippen LogP contribution in [0.25, 0.3) is 0 Å². The quantitative estimate of drug-likeness (QED) is 0.646. The van der Waals surface area contributed by atoms with Gasteiger partial charge in [-0.15, -0.1) is 0 Å².